The first kappa shape index (κ1) is 15.1. The van der Waals surface area contributed by atoms with Gasteiger partial charge in [-0.15, -0.1) is 5.10 Å². The lowest BCUT2D eigenvalue weighted by atomic mass is 10.1. The van der Waals surface area contributed by atoms with Crippen LogP contribution >= 0.6 is 11.8 Å². The normalized spacial score (nSPS) is 15.5. The summed E-state index contributed by atoms with van der Waals surface area (Å²) in [7, 11) is 0. The highest BCUT2D eigenvalue weighted by atomic mass is 32.2. The average molecular weight is 316 g/mol. The van der Waals surface area contributed by atoms with Crippen LogP contribution in [0.1, 0.15) is 42.6 Å². The zero-order valence-electron chi connectivity index (χ0n) is 12.8. The summed E-state index contributed by atoms with van der Waals surface area (Å²) in [5.41, 5.74) is 2.32. The second-order valence-corrected chi connectivity index (χ2v) is 7.05. The zero-order chi connectivity index (χ0) is 15.5. The number of amides is 1. The van der Waals surface area contributed by atoms with E-state index in [2.05, 4.69) is 20.5 Å². The molecule has 22 heavy (non-hydrogen) atoms. The number of benzene rings is 1. The van der Waals surface area contributed by atoms with Crippen molar-refractivity contribution in [2.24, 2.45) is 0 Å². The SMILES string of the molecule is Cc1ccc(CNC(=O)C(C)Sc2n[nH]c(C3CC3)n2)cc1. The molecule has 3 rings (SSSR count). The molecule has 1 fully saturated rings. The summed E-state index contributed by atoms with van der Waals surface area (Å²) in [5, 5.41) is 10.5. The Bertz CT molecular complexity index is 648. The van der Waals surface area contributed by atoms with E-state index in [4.69, 9.17) is 0 Å². The van der Waals surface area contributed by atoms with Gasteiger partial charge in [-0.1, -0.05) is 41.6 Å². The molecule has 0 aliphatic heterocycles. The highest BCUT2D eigenvalue weighted by molar-refractivity contribution is 8.00. The van der Waals surface area contributed by atoms with Crippen molar-refractivity contribution in [1.82, 2.24) is 20.5 Å². The molecule has 0 spiro atoms. The van der Waals surface area contributed by atoms with E-state index in [1.165, 1.54) is 30.2 Å². The highest BCUT2D eigenvalue weighted by Gasteiger charge is 2.27. The van der Waals surface area contributed by atoms with Crippen molar-refractivity contribution < 1.29 is 4.79 Å². The van der Waals surface area contributed by atoms with E-state index in [0.29, 0.717) is 17.6 Å². The molecule has 2 N–H and O–H groups in total. The molecule has 1 saturated carbocycles. The van der Waals surface area contributed by atoms with Gasteiger partial charge < -0.3 is 5.32 Å². The van der Waals surface area contributed by atoms with Gasteiger partial charge in [-0.2, -0.15) is 0 Å². The number of aromatic nitrogens is 3. The Kier molecular flexibility index (Phi) is 4.47. The van der Waals surface area contributed by atoms with E-state index < -0.39 is 0 Å². The number of nitrogens with one attached hydrogen (secondary N) is 2. The van der Waals surface area contributed by atoms with Gasteiger partial charge in [0.2, 0.25) is 11.1 Å². The van der Waals surface area contributed by atoms with Gasteiger partial charge in [-0.25, -0.2) is 4.98 Å². The summed E-state index contributed by atoms with van der Waals surface area (Å²) >= 11 is 1.39. The number of H-pyrrole nitrogens is 1. The molecular formula is C16H20N4OS. The molecule has 1 amide bonds. The third kappa shape index (κ3) is 3.88. The second-order valence-electron chi connectivity index (χ2n) is 5.74. The fourth-order valence-electron chi connectivity index (χ4n) is 2.10. The molecule has 1 atom stereocenters. The van der Waals surface area contributed by atoms with Crippen LogP contribution in [-0.4, -0.2) is 26.3 Å². The molecule has 1 aromatic carbocycles. The molecule has 1 heterocycles. The highest BCUT2D eigenvalue weighted by Crippen LogP contribution is 2.38. The molecule has 2 aromatic rings. The molecule has 116 valence electrons. The lowest BCUT2D eigenvalue weighted by Crippen LogP contribution is -2.30. The molecule has 5 nitrogen and oxygen atoms in total. The van der Waals surface area contributed by atoms with Gasteiger partial charge in [0.25, 0.3) is 0 Å². The lowest BCUT2D eigenvalue weighted by molar-refractivity contribution is -0.120. The second kappa shape index (κ2) is 6.52. The van der Waals surface area contributed by atoms with Crippen LogP contribution in [0.5, 0.6) is 0 Å². The third-order valence-corrected chi connectivity index (χ3v) is 4.65. The lowest BCUT2D eigenvalue weighted by Gasteiger charge is -2.10. The Balaban J connectivity index is 1.49. The summed E-state index contributed by atoms with van der Waals surface area (Å²) in [4.78, 5) is 16.6. The number of aromatic amines is 1. The van der Waals surface area contributed by atoms with Gasteiger partial charge in [0.05, 0.1) is 5.25 Å². The maximum Gasteiger partial charge on any atom is 0.233 e. The monoisotopic (exact) mass is 316 g/mol. The van der Waals surface area contributed by atoms with Crippen LogP contribution in [0.2, 0.25) is 0 Å². The predicted molar refractivity (Wildman–Crippen MR) is 86.7 cm³/mol. The maximum absolute atomic E-state index is 12.1. The van der Waals surface area contributed by atoms with Crippen LogP contribution in [0.25, 0.3) is 0 Å². The molecule has 1 aliphatic rings. The van der Waals surface area contributed by atoms with Gasteiger partial charge in [0, 0.05) is 12.5 Å². The minimum atomic E-state index is -0.215. The van der Waals surface area contributed by atoms with Crippen LogP contribution in [0, 0.1) is 6.92 Å². The van der Waals surface area contributed by atoms with Crippen molar-refractivity contribution in [3.05, 3.63) is 41.2 Å². The fourth-order valence-corrected chi connectivity index (χ4v) is 2.86. The standard InChI is InChI=1S/C16H20N4OS/c1-10-3-5-12(6-4-10)9-17-15(21)11(2)22-16-18-14(19-20-16)13-7-8-13/h3-6,11,13H,7-9H2,1-2H3,(H,17,21)(H,18,19,20). The van der Waals surface area contributed by atoms with Gasteiger partial charge in [-0.3, -0.25) is 9.89 Å². The van der Waals surface area contributed by atoms with Gasteiger partial charge in [0.1, 0.15) is 5.82 Å². The van der Waals surface area contributed by atoms with Crippen LogP contribution in [0.3, 0.4) is 0 Å². The summed E-state index contributed by atoms with van der Waals surface area (Å²) < 4.78 is 0. The van der Waals surface area contributed by atoms with Crippen molar-refractivity contribution in [1.29, 1.82) is 0 Å². The van der Waals surface area contributed by atoms with E-state index in [-0.39, 0.29) is 11.2 Å². The van der Waals surface area contributed by atoms with E-state index in [1.54, 1.807) is 0 Å². The van der Waals surface area contributed by atoms with Crippen molar-refractivity contribution in [2.75, 3.05) is 0 Å². The molecule has 1 unspecified atom stereocenters. The number of carbonyl (C=O) groups is 1. The van der Waals surface area contributed by atoms with Crippen molar-refractivity contribution in [3.8, 4) is 0 Å². The number of hydrogen-bond donors (Lipinski definition) is 2. The van der Waals surface area contributed by atoms with Crippen molar-refractivity contribution in [3.63, 3.8) is 0 Å². The Labute approximate surface area is 134 Å². The third-order valence-electron chi connectivity index (χ3n) is 3.68. The van der Waals surface area contributed by atoms with Crippen LogP contribution in [0.4, 0.5) is 0 Å². The first-order valence-corrected chi connectivity index (χ1v) is 8.42. The molecule has 0 radical (unpaired) electrons. The number of carbonyl (C=O) groups excluding carboxylic acids is 1. The quantitative estimate of drug-likeness (QED) is 0.804. The van der Waals surface area contributed by atoms with Gasteiger partial charge in [0.15, 0.2) is 0 Å². The molecule has 0 bridgehead atoms. The first-order chi connectivity index (χ1) is 10.6. The minimum absolute atomic E-state index is 0.00310. The van der Waals surface area contributed by atoms with E-state index >= 15 is 0 Å². The number of nitrogens with zero attached hydrogens (tertiary/aromatic N) is 2. The number of thioether (sulfide) groups is 1. The zero-order valence-corrected chi connectivity index (χ0v) is 13.6. The van der Waals surface area contributed by atoms with Gasteiger partial charge in [-0.05, 0) is 32.3 Å². The van der Waals surface area contributed by atoms with Crippen LogP contribution in [-0.2, 0) is 11.3 Å². The maximum atomic E-state index is 12.1. The molecule has 6 heteroatoms. The number of rotatable bonds is 6. The summed E-state index contributed by atoms with van der Waals surface area (Å²) in [6, 6.07) is 8.16. The van der Waals surface area contributed by atoms with Crippen molar-refractivity contribution in [2.45, 2.75) is 49.6 Å². The molecular weight excluding hydrogens is 296 g/mol. The Morgan fingerprint density at radius 1 is 1.41 bits per heavy atom. The molecule has 1 aliphatic carbocycles. The van der Waals surface area contributed by atoms with E-state index in [1.807, 2.05) is 38.1 Å². The number of hydrogen-bond acceptors (Lipinski definition) is 4. The smallest absolute Gasteiger partial charge is 0.233 e. The van der Waals surface area contributed by atoms with E-state index in [9.17, 15) is 4.79 Å². The number of aryl methyl sites for hydroxylation is 1. The molecule has 1 aromatic heterocycles. The Hall–Kier alpha value is -1.82. The topological polar surface area (TPSA) is 70.7 Å². The van der Waals surface area contributed by atoms with E-state index in [0.717, 1.165) is 11.4 Å². The molecule has 0 saturated heterocycles. The average Bonchev–Trinajstić information content (AvgIpc) is 3.26. The predicted octanol–water partition coefficient (Wildman–Crippen LogP) is 2.79. The first-order valence-electron chi connectivity index (χ1n) is 7.54. The van der Waals surface area contributed by atoms with Crippen LogP contribution in [0.15, 0.2) is 29.4 Å². The Morgan fingerprint density at radius 3 is 2.82 bits per heavy atom. The summed E-state index contributed by atoms with van der Waals surface area (Å²) in [6.45, 7) is 4.47. The van der Waals surface area contributed by atoms with Crippen molar-refractivity contribution >= 4 is 17.7 Å². The Morgan fingerprint density at radius 2 is 2.14 bits per heavy atom. The minimum Gasteiger partial charge on any atom is -0.351 e. The van der Waals surface area contributed by atoms with Gasteiger partial charge >= 0.3 is 0 Å². The largest absolute Gasteiger partial charge is 0.351 e. The van der Waals surface area contributed by atoms with Crippen LogP contribution < -0.4 is 5.32 Å². The fraction of sp³-hybridized carbons (Fsp3) is 0.438. The summed E-state index contributed by atoms with van der Waals surface area (Å²) in [5.74, 6) is 1.51. The summed E-state index contributed by atoms with van der Waals surface area (Å²) in [6.07, 6.45) is 2.37.